The largest absolute Gasteiger partial charge is 0.0625 e. The van der Waals surface area contributed by atoms with Crippen molar-refractivity contribution in [3.8, 4) is 0 Å². The Morgan fingerprint density at radius 2 is 1.25 bits per heavy atom. The SMILES string of the molecule is CC(C)C1C(C)CC2(C)C(C)C3(C)C(C)C4CCC(C5CCC6CCCC6C5)C(C)C4C(C)C3C(C)C2(C)C1C. The van der Waals surface area contributed by atoms with Gasteiger partial charge in [-0.25, -0.2) is 0 Å². The molecule has 40 heavy (non-hydrogen) atoms. The van der Waals surface area contributed by atoms with E-state index < -0.39 is 0 Å². The van der Waals surface area contributed by atoms with Crippen molar-refractivity contribution in [3.05, 3.63) is 0 Å². The summed E-state index contributed by atoms with van der Waals surface area (Å²) in [5, 5.41) is 0. The first-order valence-electron chi connectivity index (χ1n) is 18.7. The molecule has 0 heteroatoms. The van der Waals surface area contributed by atoms with Crippen molar-refractivity contribution >= 4 is 0 Å². The Labute approximate surface area is 251 Å². The van der Waals surface area contributed by atoms with Crippen molar-refractivity contribution in [3.63, 3.8) is 0 Å². The quantitative estimate of drug-likeness (QED) is 0.321. The molecule has 0 amide bonds. The highest BCUT2D eigenvalue weighted by molar-refractivity contribution is 5.20. The van der Waals surface area contributed by atoms with Gasteiger partial charge in [0.05, 0.1) is 0 Å². The molecule has 0 N–H and O–H groups in total. The summed E-state index contributed by atoms with van der Waals surface area (Å²) in [4.78, 5) is 0. The van der Waals surface area contributed by atoms with Crippen LogP contribution in [-0.2, 0) is 0 Å². The third kappa shape index (κ3) is 3.74. The highest BCUT2D eigenvalue weighted by atomic mass is 14.8. The van der Waals surface area contributed by atoms with Crippen LogP contribution in [-0.4, -0.2) is 0 Å². The van der Waals surface area contributed by atoms with Crippen LogP contribution in [0.2, 0.25) is 0 Å². The van der Waals surface area contributed by atoms with E-state index >= 15 is 0 Å². The molecule has 0 aromatic rings. The summed E-state index contributed by atoms with van der Waals surface area (Å²) in [6, 6.07) is 0. The van der Waals surface area contributed by atoms with Crippen molar-refractivity contribution in [2.75, 3.05) is 0 Å². The van der Waals surface area contributed by atoms with Crippen LogP contribution in [0.15, 0.2) is 0 Å². The van der Waals surface area contributed by atoms with Crippen molar-refractivity contribution < 1.29 is 0 Å². The minimum Gasteiger partial charge on any atom is -0.0625 e. The summed E-state index contributed by atoms with van der Waals surface area (Å²) in [7, 11) is 0. The number of hydrogen-bond donors (Lipinski definition) is 0. The first-order chi connectivity index (χ1) is 18.7. The van der Waals surface area contributed by atoms with Gasteiger partial charge in [-0.2, -0.15) is 0 Å². The fourth-order valence-electron chi connectivity index (χ4n) is 16.3. The summed E-state index contributed by atoms with van der Waals surface area (Å²) < 4.78 is 0. The van der Waals surface area contributed by atoms with E-state index in [0.717, 1.165) is 94.7 Å². The van der Waals surface area contributed by atoms with Gasteiger partial charge in [-0.05, 0) is 149 Å². The maximum Gasteiger partial charge on any atom is -0.0212 e. The molecule has 6 saturated carbocycles. The normalized spacial score (nSPS) is 61.9. The van der Waals surface area contributed by atoms with Gasteiger partial charge < -0.3 is 0 Å². The molecule has 6 rings (SSSR count). The van der Waals surface area contributed by atoms with Gasteiger partial charge in [0.2, 0.25) is 0 Å². The number of rotatable bonds is 2. The van der Waals surface area contributed by atoms with Crippen LogP contribution in [0, 0.1) is 111 Å². The van der Waals surface area contributed by atoms with Gasteiger partial charge in [-0.1, -0.05) is 102 Å². The highest BCUT2D eigenvalue weighted by Crippen LogP contribution is 2.78. The smallest absolute Gasteiger partial charge is 0.0212 e. The number of hydrogen-bond acceptors (Lipinski definition) is 0. The second-order valence-corrected chi connectivity index (χ2v) is 18.9. The van der Waals surface area contributed by atoms with Crippen molar-refractivity contribution in [2.45, 2.75) is 141 Å². The molecular formula is C40H70. The van der Waals surface area contributed by atoms with Gasteiger partial charge in [0.15, 0.2) is 0 Å². The standard InChI is InChI=1S/C40H70/c1-22(2)35-23(3)21-38(10)29(9)39(11)26(6)34-19-18-33(32-17-16-30-14-13-15-31(30)20-32)24(4)36(34)25(5)37(39)28(8)40(38,12)27(35)7/h22-37H,13-21H2,1-12H3. The first-order valence-corrected chi connectivity index (χ1v) is 18.7. The molecule has 18 unspecified atom stereocenters. The molecule has 0 saturated heterocycles. The lowest BCUT2D eigenvalue weighted by Crippen LogP contribution is -2.72. The van der Waals surface area contributed by atoms with Gasteiger partial charge in [0, 0.05) is 0 Å². The summed E-state index contributed by atoms with van der Waals surface area (Å²) in [6.45, 7) is 32.7. The maximum atomic E-state index is 2.84. The molecule has 0 aromatic heterocycles. The van der Waals surface area contributed by atoms with Crippen LogP contribution in [0.1, 0.15) is 141 Å². The molecule has 6 fully saturated rings. The second-order valence-electron chi connectivity index (χ2n) is 18.9. The summed E-state index contributed by atoms with van der Waals surface area (Å²) in [6.07, 6.45) is 13.9. The lowest BCUT2D eigenvalue weighted by atomic mass is 9.28. The van der Waals surface area contributed by atoms with Crippen LogP contribution < -0.4 is 0 Å². The Kier molecular flexibility index (Phi) is 7.52. The van der Waals surface area contributed by atoms with Gasteiger partial charge in [-0.3, -0.25) is 0 Å². The molecule has 18 atom stereocenters. The molecule has 230 valence electrons. The lowest BCUT2D eigenvalue weighted by molar-refractivity contribution is -0.292. The van der Waals surface area contributed by atoms with E-state index in [-0.39, 0.29) is 0 Å². The average Bonchev–Trinajstić information content (AvgIpc) is 3.37. The van der Waals surface area contributed by atoms with Gasteiger partial charge in [-0.15, -0.1) is 0 Å². The van der Waals surface area contributed by atoms with Crippen LogP contribution >= 0.6 is 0 Å². The zero-order valence-electron chi connectivity index (χ0n) is 29.1. The summed E-state index contributed by atoms with van der Waals surface area (Å²) >= 11 is 0. The molecular weight excluding hydrogens is 480 g/mol. The predicted molar refractivity (Wildman–Crippen MR) is 173 cm³/mol. The van der Waals surface area contributed by atoms with Gasteiger partial charge in [0.25, 0.3) is 0 Å². The lowest BCUT2D eigenvalue weighted by Gasteiger charge is -2.77. The topological polar surface area (TPSA) is 0 Å². The minimum atomic E-state index is 0.428. The zero-order valence-corrected chi connectivity index (χ0v) is 29.1. The monoisotopic (exact) mass is 551 g/mol. The Hall–Kier alpha value is 0. The molecule has 6 aliphatic carbocycles. The van der Waals surface area contributed by atoms with Gasteiger partial charge in [0.1, 0.15) is 0 Å². The van der Waals surface area contributed by atoms with E-state index in [0.29, 0.717) is 16.2 Å². The van der Waals surface area contributed by atoms with Gasteiger partial charge >= 0.3 is 0 Å². The first kappa shape index (κ1) is 30.0. The fraction of sp³-hybridized carbons (Fsp3) is 1.00. The van der Waals surface area contributed by atoms with Crippen molar-refractivity contribution in [2.24, 2.45) is 111 Å². The maximum absolute atomic E-state index is 2.84. The summed E-state index contributed by atoms with van der Waals surface area (Å²) in [5.74, 6) is 14.6. The van der Waals surface area contributed by atoms with E-state index in [4.69, 9.17) is 0 Å². The fourth-order valence-corrected chi connectivity index (χ4v) is 16.3. The third-order valence-corrected chi connectivity index (χ3v) is 18.4. The van der Waals surface area contributed by atoms with E-state index in [1.54, 1.807) is 38.5 Å². The van der Waals surface area contributed by atoms with Crippen LogP contribution in [0.5, 0.6) is 0 Å². The molecule has 0 bridgehead atoms. The molecule has 0 heterocycles. The molecule has 0 aromatic carbocycles. The zero-order chi connectivity index (χ0) is 29.1. The Morgan fingerprint density at radius 1 is 0.625 bits per heavy atom. The van der Waals surface area contributed by atoms with Crippen LogP contribution in [0.25, 0.3) is 0 Å². The molecule has 0 radical (unpaired) electrons. The third-order valence-electron chi connectivity index (χ3n) is 18.4. The molecule has 0 nitrogen and oxygen atoms in total. The Morgan fingerprint density at radius 3 is 1.93 bits per heavy atom. The van der Waals surface area contributed by atoms with Crippen LogP contribution in [0.4, 0.5) is 0 Å². The molecule has 0 spiro atoms. The van der Waals surface area contributed by atoms with E-state index in [1.165, 1.54) is 19.3 Å². The van der Waals surface area contributed by atoms with Crippen molar-refractivity contribution in [1.29, 1.82) is 0 Å². The van der Waals surface area contributed by atoms with Crippen molar-refractivity contribution in [1.82, 2.24) is 0 Å². The predicted octanol–water partition coefficient (Wildman–Crippen LogP) is 11.6. The molecule has 6 aliphatic rings. The second kappa shape index (κ2) is 10.0. The minimum absolute atomic E-state index is 0.428. The van der Waals surface area contributed by atoms with E-state index in [2.05, 4.69) is 83.1 Å². The Bertz CT molecular complexity index is 932. The summed E-state index contributed by atoms with van der Waals surface area (Å²) in [5.41, 5.74) is 1.33. The average molecular weight is 551 g/mol. The van der Waals surface area contributed by atoms with E-state index in [1.807, 2.05) is 0 Å². The van der Waals surface area contributed by atoms with E-state index in [9.17, 15) is 0 Å². The number of fused-ring (bicyclic) bond motifs is 4. The Balaban J connectivity index is 1.35. The van der Waals surface area contributed by atoms with Crippen LogP contribution in [0.3, 0.4) is 0 Å². The molecule has 0 aliphatic heterocycles. The highest BCUT2D eigenvalue weighted by Gasteiger charge is 2.72.